The summed E-state index contributed by atoms with van der Waals surface area (Å²) in [4.78, 5) is 11.9. The highest BCUT2D eigenvalue weighted by molar-refractivity contribution is 9.13. The Morgan fingerprint density at radius 1 is 0.636 bits per heavy atom. The van der Waals surface area contributed by atoms with Crippen molar-refractivity contribution >= 4 is 69.5 Å². The van der Waals surface area contributed by atoms with Crippen LogP contribution in [0.1, 0.15) is 20.8 Å². The molecule has 5 heteroatoms. The molecule has 116 valence electrons. The van der Waals surface area contributed by atoms with Crippen molar-refractivity contribution in [3.05, 3.63) is 71.8 Å². The molecule has 0 saturated carbocycles. The van der Waals surface area contributed by atoms with Crippen molar-refractivity contribution in [2.75, 3.05) is 0 Å². The molecular formula is C17H14Br4O. The van der Waals surface area contributed by atoms with Gasteiger partial charge in [-0.25, -0.2) is 0 Å². The number of rotatable bonds is 6. The standard InChI is InChI=1S/C17H14Br4O/c18-13(11-7-3-1-4-8-11)15(20)17(22)16(21)14(19)12-9-5-2-6-10-12/h1-10,13-16H/t13-,14+,15-,16-/m1/s1. The lowest BCUT2D eigenvalue weighted by molar-refractivity contribution is -0.117. The molecule has 0 bridgehead atoms. The van der Waals surface area contributed by atoms with Crippen molar-refractivity contribution in [1.29, 1.82) is 0 Å². The van der Waals surface area contributed by atoms with E-state index in [0.717, 1.165) is 11.1 Å². The summed E-state index contributed by atoms with van der Waals surface area (Å²) in [5.41, 5.74) is 2.14. The minimum absolute atomic E-state index is 0.0725. The predicted octanol–water partition coefficient (Wildman–Crippen LogP) is 6.35. The van der Waals surface area contributed by atoms with Crippen molar-refractivity contribution in [1.82, 2.24) is 0 Å². The van der Waals surface area contributed by atoms with Crippen LogP contribution in [0.15, 0.2) is 60.7 Å². The second-order valence-electron chi connectivity index (χ2n) is 4.83. The van der Waals surface area contributed by atoms with E-state index in [1.54, 1.807) is 0 Å². The van der Waals surface area contributed by atoms with Crippen LogP contribution in [-0.2, 0) is 4.79 Å². The topological polar surface area (TPSA) is 17.1 Å². The van der Waals surface area contributed by atoms with Crippen molar-refractivity contribution < 1.29 is 4.79 Å². The van der Waals surface area contributed by atoms with Gasteiger partial charge in [-0.15, -0.1) is 0 Å². The second kappa shape index (κ2) is 8.76. The summed E-state index contributed by atoms with van der Waals surface area (Å²) in [6, 6.07) is 19.8. The molecule has 0 aromatic heterocycles. The Kier molecular flexibility index (Phi) is 7.32. The second-order valence-corrected chi connectivity index (χ2v) is 8.78. The Bertz CT molecular complexity index is 549. The van der Waals surface area contributed by atoms with Gasteiger partial charge in [-0.2, -0.15) is 0 Å². The number of carbonyl (C=O) groups excluding carboxylic acids is 1. The van der Waals surface area contributed by atoms with Crippen LogP contribution in [0.3, 0.4) is 0 Å². The fourth-order valence-corrected chi connectivity index (χ4v) is 4.72. The van der Waals surface area contributed by atoms with E-state index in [2.05, 4.69) is 63.7 Å². The van der Waals surface area contributed by atoms with Crippen LogP contribution in [0.4, 0.5) is 0 Å². The Morgan fingerprint density at radius 2 is 0.955 bits per heavy atom. The maximum atomic E-state index is 12.7. The Labute approximate surface area is 164 Å². The van der Waals surface area contributed by atoms with Gasteiger partial charge in [0.25, 0.3) is 0 Å². The van der Waals surface area contributed by atoms with E-state index in [0.29, 0.717) is 0 Å². The molecule has 0 aliphatic heterocycles. The third kappa shape index (κ3) is 4.53. The first-order valence-corrected chi connectivity index (χ1v) is 10.4. The average Bonchev–Trinajstić information content (AvgIpc) is 2.60. The predicted molar refractivity (Wildman–Crippen MR) is 107 cm³/mol. The number of Topliss-reactive ketones (excluding diaryl/α,β-unsaturated/α-hetero) is 1. The Hall–Kier alpha value is 0.0300. The normalized spacial score (nSPS) is 16.5. The summed E-state index contributed by atoms with van der Waals surface area (Å²) < 4.78 is 0. The van der Waals surface area contributed by atoms with Gasteiger partial charge in [-0.05, 0) is 11.1 Å². The van der Waals surface area contributed by atoms with Crippen LogP contribution in [0.25, 0.3) is 0 Å². The van der Waals surface area contributed by atoms with Gasteiger partial charge in [0.15, 0.2) is 5.78 Å². The lowest BCUT2D eigenvalue weighted by atomic mass is 10.0. The zero-order chi connectivity index (χ0) is 16.1. The smallest absolute Gasteiger partial charge is 0.162 e. The first-order chi connectivity index (χ1) is 10.5. The molecule has 2 aromatic rings. The van der Waals surface area contributed by atoms with Gasteiger partial charge in [-0.3, -0.25) is 4.79 Å². The van der Waals surface area contributed by atoms with Crippen molar-refractivity contribution in [2.24, 2.45) is 0 Å². The highest BCUT2D eigenvalue weighted by Crippen LogP contribution is 2.38. The quantitative estimate of drug-likeness (QED) is 0.381. The third-order valence-corrected chi connectivity index (χ3v) is 8.79. The van der Waals surface area contributed by atoms with Crippen LogP contribution in [0.5, 0.6) is 0 Å². The summed E-state index contributed by atoms with van der Waals surface area (Å²) in [5.74, 6) is 0.0939. The molecule has 0 amide bonds. The van der Waals surface area contributed by atoms with Crippen LogP contribution < -0.4 is 0 Å². The molecule has 0 saturated heterocycles. The molecule has 4 atom stereocenters. The molecule has 0 fully saturated rings. The summed E-state index contributed by atoms with van der Waals surface area (Å²) in [6.45, 7) is 0. The number of hydrogen-bond acceptors (Lipinski definition) is 1. The van der Waals surface area contributed by atoms with Crippen molar-refractivity contribution in [3.63, 3.8) is 0 Å². The molecule has 22 heavy (non-hydrogen) atoms. The molecule has 1 nitrogen and oxygen atoms in total. The number of ketones is 1. The van der Waals surface area contributed by atoms with E-state index >= 15 is 0 Å². The molecule has 2 aromatic carbocycles. The van der Waals surface area contributed by atoms with Gasteiger partial charge in [0.2, 0.25) is 0 Å². The fraction of sp³-hybridized carbons (Fsp3) is 0.235. The molecule has 2 rings (SSSR count). The summed E-state index contributed by atoms with van der Waals surface area (Å²) in [7, 11) is 0. The van der Waals surface area contributed by atoms with E-state index < -0.39 is 0 Å². The van der Waals surface area contributed by atoms with Gasteiger partial charge in [0.05, 0.1) is 19.3 Å². The SMILES string of the molecule is O=C([C@H](Br)[C@H](Br)c1ccccc1)[C@H](Br)[C@@H](Br)c1ccccc1. The summed E-state index contributed by atoms with van der Waals surface area (Å²) in [6.07, 6.45) is 0. The molecular weight excluding hydrogens is 540 g/mol. The van der Waals surface area contributed by atoms with Gasteiger partial charge >= 0.3 is 0 Å². The molecule has 0 heterocycles. The minimum atomic E-state index is -0.317. The molecule has 0 unspecified atom stereocenters. The van der Waals surface area contributed by atoms with Gasteiger partial charge < -0.3 is 0 Å². The molecule has 0 spiro atoms. The van der Waals surface area contributed by atoms with E-state index in [9.17, 15) is 4.79 Å². The molecule has 0 radical (unpaired) electrons. The first kappa shape index (κ1) is 18.4. The number of halogens is 4. The lowest BCUT2D eigenvalue weighted by Crippen LogP contribution is -2.29. The average molecular weight is 554 g/mol. The highest BCUT2D eigenvalue weighted by atomic mass is 79.9. The maximum absolute atomic E-state index is 12.7. The van der Waals surface area contributed by atoms with E-state index in [1.807, 2.05) is 60.7 Å². The van der Waals surface area contributed by atoms with Crippen LogP contribution in [0.2, 0.25) is 0 Å². The highest BCUT2D eigenvalue weighted by Gasteiger charge is 2.33. The van der Waals surface area contributed by atoms with E-state index in [1.165, 1.54) is 0 Å². The number of alkyl halides is 4. The summed E-state index contributed by atoms with van der Waals surface area (Å²) >= 11 is 14.3. The van der Waals surface area contributed by atoms with Crippen molar-refractivity contribution in [3.8, 4) is 0 Å². The maximum Gasteiger partial charge on any atom is 0.162 e. The van der Waals surface area contributed by atoms with E-state index in [-0.39, 0.29) is 25.1 Å². The Balaban J connectivity index is 2.10. The number of benzene rings is 2. The third-order valence-electron chi connectivity index (χ3n) is 3.29. The van der Waals surface area contributed by atoms with Gasteiger partial charge in [-0.1, -0.05) is 124 Å². The monoisotopic (exact) mass is 550 g/mol. The minimum Gasteiger partial charge on any atom is -0.297 e. The van der Waals surface area contributed by atoms with Crippen molar-refractivity contribution in [2.45, 2.75) is 19.3 Å². The van der Waals surface area contributed by atoms with Crippen LogP contribution in [-0.4, -0.2) is 15.4 Å². The fourth-order valence-electron chi connectivity index (χ4n) is 2.05. The van der Waals surface area contributed by atoms with E-state index in [4.69, 9.17) is 0 Å². The van der Waals surface area contributed by atoms with Crippen LogP contribution in [0, 0.1) is 0 Å². The van der Waals surface area contributed by atoms with Gasteiger partial charge in [0, 0.05) is 0 Å². The first-order valence-electron chi connectivity index (χ1n) is 6.72. The van der Waals surface area contributed by atoms with Crippen LogP contribution >= 0.6 is 63.7 Å². The Morgan fingerprint density at radius 3 is 1.27 bits per heavy atom. The largest absolute Gasteiger partial charge is 0.297 e. The number of hydrogen-bond donors (Lipinski definition) is 0. The molecule has 0 aliphatic rings. The lowest BCUT2D eigenvalue weighted by Gasteiger charge is -2.22. The zero-order valence-electron chi connectivity index (χ0n) is 11.5. The molecule has 0 aliphatic carbocycles. The molecule has 0 N–H and O–H groups in total. The number of carbonyl (C=O) groups is 1. The summed E-state index contributed by atoms with van der Waals surface area (Å²) in [5, 5.41) is 0. The zero-order valence-corrected chi connectivity index (χ0v) is 17.8. The van der Waals surface area contributed by atoms with Gasteiger partial charge in [0.1, 0.15) is 0 Å².